The highest BCUT2D eigenvalue weighted by molar-refractivity contribution is 9.11. The molecule has 0 aliphatic carbocycles. The second-order valence-corrected chi connectivity index (χ2v) is 10.1. The maximum absolute atomic E-state index is 13.8. The van der Waals surface area contributed by atoms with Gasteiger partial charge >= 0.3 is 6.18 Å². The molecule has 5 nitrogen and oxygen atoms in total. The van der Waals surface area contributed by atoms with Crippen molar-refractivity contribution >= 4 is 61.1 Å². The minimum atomic E-state index is -4.81. The Balaban J connectivity index is 1.75. The first-order valence-electron chi connectivity index (χ1n) is 9.66. The Morgan fingerprint density at radius 2 is 1.79 bits per heavy atom. The zero-order valence-electron chi connectivity index (χ0n) is 16.9. The van der Waals surface area contributed by atoms with Crippen molar-refractivity contribution in [3.63, 3.8) is 0 Å². The van der Waals surface area contributed by atoms with Crippen molar-refractivity contribution in [2.75, 3.05) is 4.90 Å². The Bertz CT molecular complexity index is 1340. The van der Waals surface area contributed by atoms with Crippen LogP contribution in [0.1, 0.15) is 17.5 Å². The van der Waals surface area contributed by atoms with E-state index in [1.807, 2.05) is 0 Å². The highest BCUT2D eigenvalue weighted by Crippen LogP contribution is 2.42. The van der Waals surface area contributed by atoms with Gasteiger partial charge in [0.1, 0.15) is 11.1 Å². The number of halogens is 5. The highest BCUT2D eigenvalue weighted by Gasteiger charge is 2.43. The van der Waals surface area contributed by atoms with Gasteiger partial charge in [-0.3, -0.25) is 9.59 Å². The Labute approximate surface area is 213 Å². The Morgan fingerprint density at radius 3 is 2.41 bits per heavy atom. The van der Waals surface area contributed by atoms with Crippen LogP contribution in [0, 0.1) is 11.3 Å². The molecule has 11 heteroatoms. The molecule has 2 aromatic carbocycles. The van der Waals surface area contributed by atoms with Gasteiger partial charge in [-0.25, -0.2) is 9.88 Å². The van der Waals surface area contributed by atoms with Gasteiger partial charge in [-0.2, -0.15) is 18.4 Å². The number of thioether (sulfide) groups is 1. The Hall–Kier alpha value is -2.68. The van der Waals surface area contributed by atoms with Crippen molar-refractivity contribution in [2.24, 2.45) is 0 Å². The number of benzene rings is 2. The molecule has 1 aliphatic heterocycles. The van der Waals surface area contributed by atoms with E-state index in [1.165, 1.54) is 0 Å². The van der Waals surface area contributed by atoms with Gasteiger partial charge in [0.25, 0.3) is 0 Å². The SMILES string of the molecule is N#Cc1c(C(F)(F)F)cc(-c2ccccc2)nc1S[C@@H]1CC(=O)N(c2ccc(Br)cc2Br)C1=O. The molecule has 0 spiro atoms. The van der Waals surface area contributed by atoms with E-state index in [-0.39, 0.29) is 17.1 Å². The average molecular weight is 611 g/mol. The molecule has 1 atom stereocenters. The second-order valence-electron chi connectivity index (χ2n) is 7.18. The first-order valence-corrected chi connectivity index (χ1v) is 12.1. The maximum atomic E-state index is 13.8. The summed E-state index contributed by atoms with van der Waals surface area (Å²) in [5, 5.41) is 8.25. The molecular weight excluding hydrogens is 599 g/mol. The van der Waals surface area contributed by atoms with Crippen LogP contribution >= 0.6 is 43.6 Å². The zero-order valence-corrected chi connectivity index (χ0v) is 20.9. The monoisotopic (exact) mass is 609 g/mol. The fraction of sp³-hybridized carbons (Fsp3) is 0.130. The summed E-state index contributed by atoms with van der Waals surface area (Å²) < 4.78 is 42.6. The lowest BCUT2D eigenvalue weighted by Crippen LogP contribution is -2.31. The molecule has 1 saturated heterocycles. The molecule has 172 valence electrons. The first kappa shape index (κ1) is 24.4. The number of nitrogens with zero attached hydrogens (tertiary/aromatic N) is 3. The molecule has 3 aromatic rings. The number of carbonyl (C=O) groups excluding carboxylic acids is 2. The predicted molar refractivity (Wildman–Crippen MR) is 128 cm³/mol. The van der Waals surface area contributed by atoms with Gasteiger partial charge in [0, 0.05) is 20.9 Å². The van der Waals surface area contributed by atoms with E-state index in [9.17, 15) is 28.0 Å². The van der Waals surface area contributed by atoms with Crippen molar-refractivity contribution in [2.45, 2.75) is 22.9 Å². The summed E-state index contributed by atoms with van der Waals surface area (Å²) in [7, 11) is 0. The van der Waals surface area contributed by atoms with E-state index >= 15 is 0 Å². The smallest absolute Gasteiger partial charge is 0.274 e. The molecule has 1 fully saturated rings. The number of hydrogen-bond acceptors (Lipinski definition) is 5. The number of imide groups is 1. The normalized spacial score (nSPS) is 16.1. The number of carbonyl (C=O) groups is 2. The van der Waals surface area contributed by atoms with Crippen molar-refractivity contribution in [1.82, 2.24) is 4.98 Å². The summed E-state index contributed by atoms with van der Waals surface area (Å²) in [5.41, 5.74) is -1.06. The topological polar surface area (TPSA) is 74.1 Å². The lowest BCUT2D eigenvalue weighted by atomic mass is 10.1. The quantitative estimate of drug-likeness (QED) is 0.312. The van der Waals surface area contributed by atoms with Gasteiger partial charge in [-0.05, 0) is 40.2 Å². The molecule has 1 aliphatic rings. The van der Waals surface area contributed by atoms with Crippen LogP contribution in [-0.2, 0) is 15.8 Å². The number of alkyl halides is 3. The largest absolute Gasteiger partial charge is 0.417 e. The molecule has 0 N–H and O–H groups in total. The van der Waals surface area contributed by atoms with Gasteiger partial charge in [-0.1, -0.05) is 58.0 Å². The van der Waals surface area contributed by atoms with E-state index in [0.717, 1.165) is 15.4 Å². The summed E-state index contributed by atoms with van der Waals surface area (Å²) in [6, 6.07) is 15.5. The third kappa shape index (κ3) is 4.76. The van der Waals surface area contributed by atoms with E-state index in [2.05, 4.69) is 36.8 Å². The van der Waals surface area contributed by atoms with Crippen LogP contribution < -0.4 is 4.90 Å². The molecule has 0 radical (unpaired) electrons. The first-order chi connectivity index (χ1) is 16.1. The molecule has 34 heavy (non-hydrogen) atoms. The summed E-state index contributed by atoms with van der Waals surface area (Å²) in [4.78, 5) is 31.1. The predicted octanol–water partition coefficient (Wildman–Crippen LogP) is 6.59. The fourth-order valence-corrected chi connectivity index (χ4v) is 5.79. The number of pyridine rings is 1. The summed E-state index contributed by atoms with van der Waals surface area (Å²) in [6.45, 7) is 0. The Morgan fingerprint density at radius 1 is 1.09 bits per heavy atom. The van der Waals surface area contributed by atoms with Crippen molar-refractivity contribution in [3.05, 3.63) is 74.7 Å². The van der Waals surface area contributed by atoms with E-state index in [0.29, 0.717) is 27.5 Å². The standard InChI is InChI=1S/C23H12Br2F3N3O2S/c24-13-6-7-18(16(25)8-13)31-20(32)10-19(22(31)33)34-21-14(11-29)15(23(26,27)28)9-17(30-21)12-4-2-1-3-5-12/h1-9,19H,10H2/t19-/m1/s1. The summed E-state index contributed by atoms with van der Waals surface area (Å²) in [5.74, 6) is -1.10. The van der Waals surface area contributed by atoms with Gasteiger partial charge in [-0.15, -0.1) is 0 Å². The molecule has 4 rings (SSSR count). The number of nitriles is 1. The van der Waals surface area contributed by atoms with Crippen LogP contribution in [-0.4, -0.2) is 22.0 Å². The lowest BCUT2D eigenvalue weighted by Gasteiger charge is -2.18. The van der Waals surface area contributed by atoms with Crippen LogP contribution in [0.4, 0.5) is 18.9 Å². The molecule has 1 aromatic heterocycles. The molecule has 2 amide bonds. The number of hydrogen-bond donors (Lipinski definition) is 0. The minimum Gasteiger partial charge on any atom is -0.274 e. The lowest BCUT2D eigenvalue weighted by molar-refractivity contribution is -0.138. The number of anilines is 1. The summed E-state index contributed by atoms with van der Waals surface area (Å²) in [6.07, 6.45) is -5.05. The van der Waals surface area contributed by atoms with E-state index in [1.54, 1.807) is 54.6 Å². The molecular formula is C23H12Br2F3N3O2S. The van der Waals surface area contributed by atoms with Gasteiger partial charge in [0.2, 0.25) is 11.8 Å². The van der Waals surface area contributed by atoms with Crippen molar-refractivity contribution in [1.29, 1.82) is 5.26 Å². The van der Waals surface area contributed by atoms with E-state index in [4.69, 9.17) is 0 Å². The molecule has 0 unspecified atom stereocenters. The minimum absolute atomic E-state index is 0.0127. The van der Waals surface area contributed by atoms with Gasteiger partial charge in [0.05, 0.1) is 27.8 Å². The van der Waals surface area contributed by atoms with Crippen molar-refractivity contribution in [3.8, 4) is 17.3 Å². The van der Waals surface area contributed by atoms with E-state index < -0.39 is 34.4 Å². The second kappa shape index (κ2) is 9.52. The van der Waals surface area contributed by atoms with Crippen LogP contribution in [0.5, 0.6) is 0 Å². The van der Waals surface area contributed by atoms with Crippen LogP contribution in [0.3, 0.4) is 0 Å². The van der Waals surface area contributed by atoms with Crippen LogP contribution in [0.25, 0.3) is 11.3 Å². The van der Waals surface area contributed by atoms with Crippen LogP contribution in [0.2, 0.25) is 0 Å². The number of rotatable bonds is 4. The van der Waals surface area contributed by atoms with Gasteiger partial charge in [0.15, 0.2) is 0 Å². The maximum Gasteiger partial charge on any atom is 0.417 e. The highest BCUT2D eigenvalue weighted by atomic mass is 79.9. The molecule has 0 bridgehead atoms. The van der Waals surface area contributed by atoms with Crippen molar-refractivity contribution < 1.29 is 22.8 Å². The average Bonchev–Trinajstić information content (AvgIpc) is 3.06. The summed E-state index contributed by atoms with van der Waals surface area (Å²) >= 11 is 7.32. The molecule has 2 heterocycles. The number of amides is 2. The Kier molecular flexibility index (Phi) is 6.85. The fourth-order valence-electron chi connectivity index (χ4n) is 3.44. The third-order valence-electron chi connectivity index (χ3n) is 4.98. The van der Waals surface area contributed by atoms with Crippen LogP contribution in [0.15, 0.2) is 68.6 Å². The van der Waals surface area contributed by atoms with Gasteiger partial charge < -0.3 is 0 Å². The number of aromatic nitrogens is 1. The molecule has 0 saturated carbocycles. The third-order valence-corrected chi connectivity index (χ3v) is 7.28. The zero-order chi connectivity index (χ0) is 24.6.